The van der Waals surface area contributed by atoms with Crippen molar-refractivity contribution >= 4 is 11.6 Å². The van der Waals surface area contributed by atoms with E-state index in [-0.39, 0.29) is 0 Å². The summed E-state index contributed by atoms with van der Waals surface area (Å²) in [6.45, 7) is 4.64. The van der Waals surface area contributed by atoms with E-state index in [1.807, 2.05) is 18.2 Å². The topological polar surface area (TPSA) is 58.1 Å². The molecular weight excluding hydrogens is 328 g/mol. The predicted molar refractivity (Wildman–Crippen MR) is 109 cm³/mol. The maximum Gasteiger partial charge on any atom is 0.195 e. The zero-order valence-corrected chi connectivity index (χ0v) is 16.7. The molecule has 1 aromatic carbocycles. The fourth-order valence-corrected chi connectivity index (χ4v) is 3.38. The molecule has 1 saturated carbocycles. The summed E-state index contributed by atoms with van der Waals surface area (Å²) >= 11 is 0. The number of methoxy groups -OCH3 is 2. The number of anilines is 1. The van der Waals surface area contributed by atoms with E-state index in [1.54, 1.807) is 14.2 Å². The molecule has 1 aliphatic carbocycles. The third-order valence-electron chi connectivity index (χ3n) is 4.91. The second kappa shape index (κ2) is 10.9. The average molecular weight is 363 g/mol. The minimum absolute atomic E-state index is 0.699. The van der Waals surface area contributed by atoms with Crippen LogP contribution >= 0.6 is 0 Å². The van der Waals surface area contributed by atoms with Crippen molar-refractivity contribution in [3.63, 3.8) is 0 Å². The Bertz CT molecular complexity index is 571. The van der Waals surface area contributed by atoms with Crippen LogP contribution in [0.3, 0.4) is 0 Å². The number of benzene rings is 1. The second-order valence-electron chi connectivity index (χ2n) is 6.73. The Hall–Kier alpha value is -1.95. The van der Waals surface area contributed by atoms with Gasteiger partial charge in [0.1, 0.15) is 0 Å². The number of hydrogen-bond donors (Lipinski definition) is 2. The second-order valence-corrected chi connectivity index (χ2v) is 6.73. The Morgan fingerprint density at radius 1 is 1.15 bits per heavy atom. The number of aliphatic imine (C=N–C) groups is 1. The molecule has 0 heterocycles. The Kier molecular flexibility index (Phi) is 8.54. The molecule has 26 heavy (non-hydrogen) atoms. The van der Waals surface area contributed by atoms with Crippen LogP contribution in [0.5, 0.6) is 11.5 Å². The first-order valence-electron chi connectivity index (χ1n) is 9.65. The largest absolute Gasteiger partial charge is 0.493 e. The van der Waals surface area contributed by atoms with Crippen molar-refractivity contribution in [1.29, 1.82) is 0 Å². The van der Waals surface area contributed by atoms with Gasteiger partial charge in [0, 0.05) is 30.9 Å². The predicted octanol–water partition coefficient (Wildman–Crippen LogP) is 3.35. The lowest BCUT2D eigenvalue weighted by atomic mass is 9.94. The van der Waals surface area contributed by atoms with E-state index in [0.29, 0.717) is 11.5 Å². The lowest BCUT2D eigenvalue weighted by Gasteiger charge is -2.30. The number of rotatable bonds is 8. The molecule has 2 N–H and O–H groups in total. The summed E-state index contributed by atoms with van der Waals surface area (Å²) < 4.78 is 10.7. The van der Waals surface area contributed by atoms with Gasteiger partial charge in [0.05, 0.1) is 20.8 Å². The van der Waals surface area contributed by atoms with Gasteiger partial charge in [-0.2, -0.15) is 0 Å². The molecule has 1 aliphatic rings. The van der Waals surface area contributed by atoms with Crippen LogP contribution in [-0.2, 0) is 0 Å². The summed E-state index contributed by atoms with van der Waals surface area (Å²) in [5, 5.41) is 6.64. The lowest BCUT2D eigenvalue weighted by Crippen LogP contribution is -2.36. The van der Waals surface area contributed by atoms with Crippen molar-refractivity contribution in [1.82, 2.24) is 10.2 Å². The summed E-state index contributed by atoms with van der Waals surface area (Å²) in [5.41, 5.74) is 0.919. The van der Waals surface area contributed by atoms with Crippen molar-refractivity contribution in [2.75, 3.05) is 46.2 Å². The van der Waals surface area contributed by atoms with E-state index >= 15 is 0 Å². The van der Waals surface area contributed by atoms with Crippen LogP contribution in [0.4, 0.5) is 5.69 Å². The van der Waals surface area contributed by atoms with Gasteiger partial charge in [-0.15, -0.1) is 0 Å². The van der Waals surface area contributed by atoms with Crippen molar-refractivity contribution in [3.05, 3.63) is 18.2 Å². The third kappa shape index (κ3) is 6.09. The van der Waals surface area contributed by atoms with E-state index in [1.165, 1.54) is 32.1 Å². The summed E-state index contributed by atoms with van der Waals surface area (Å²) in [7, 11) is 5.50. The van der Waals surface area contributed by atoms with Crippen LogP contribution in [0.1, 0.15) is 39.0 Å². The summed E-state index contributed by atoms with van der Waals surface area (Å²) in [5.74, 6) is 2.20. The first kappa shape index (κ1) is 20.4. The summed E-state index contributed by atoms with van der Waals surface area (Å²) in [6.07, 6.45) is 6.76. The van der Waals surface area contributed by atoms with Gasteiger partial charge in [-0.25, -0.2) is 0 Å². The molecule has 0 amide bonds. The molecule has 0 radical (unpaired) electrons. The van der Waals surface area contributed by atoms with Crippen LogP contribution in [0.2, 0.25) is 0 Å². The quantitative estimate of drug-likeness (QED) is 0.549. The van der Waals surface area contributed by atoms with Gasteiger partial charge >= 0.3 is 0 Å². The highest BCUT2D eigenvalue weighted by Gasteiger charge is 2.17. The summed E-state index contributed by atoms with van der Waals surface area (Å²) in [4.78, 5) is 7.18. The highest BCUT2D eigenvalue weighted by molar-refractivity contribution is 5.93. The van der Waals surface area contributed by atoms with Crippen molar-refractivity contribution in [3.8, 4) is 11.5 Å². The van der Waals surface area contributed by atoms with Crippen molar-refractivity contribution < 1.29 is 9.47 Å². The molecule has 0 saturated heterocycles. The number of hydrogen-bond acceptors (Lipinski definition) is 4. The molecular formula is C20H34N4O2. The minimum Gasteiger partial charge on any atom is -0.493 e. The third-order valence-corrected chi connectivity index (χ3v) is 4.91. The lowest BCUT2D eigenvalue weighted by molar-refractivity contribution is 0.196. The van der Waals surface area contributed by atoms with Crippen LogP contribution in [0.15, 0.2) is 23.2 Å². The molecule has 0 bridgehead atoms. The van der Waals surface area contributed by atoms with E-state index in [0.717, 1.165) is 37.3 Å². The Balaban J connectivity index is 1.93. The Labute approximate surface area is 158 Å². The Morgan fingerprint density at radius 2 is 1.88 bits per heavy atom. The van der Waals surface area contributed by atoms with Crippen LogP contribution < -0.4 is 20.1 Å². The average Bonchev–Trinajstić information content (AvgIpc) is 2.68. The molecule has 1 aromatic rings. The van der Waals surface area contributed by atoms with Crippen LogP contribution in [0, 0.1) is 0 Å². The van der Waals surface area contributed by atoms with Crippen molar-refractivity contribution in [2.45, 2.75) is 45.1 Å². The SMILES string of the molecule is CCNC(=NCCN(C)C1CCCCC1)Nc1ccc(OC)c(OC)c1. The first-order chi connectivity index (χ1) is 12.7. The normalized spacial score (nSPS) is 15.8. The van der Waals surface area contributed by atoms with Crippen LogP contribution in [-0.4, -0.2) is 57.8 Å². The van der Waals surface area contributed by atoms with Gasteiger partial charge < -0.3 is 25.0 Å². The zero-order valence-electron chi connectivity index (χ0n) is 16.7. The molecule has 0 aromatic heterocycles. The highest BCUT2D eigenvalue weighted by atomic mass is 16.5. The fraction of sp³-hybridized carbons (Fsp3) is 0.650. The number of ether oxygens (including phenoxy) is 2. The van der Waals surface area contributed by atoms with Gasteiger partial charge in [0.15, 0.2) is 17.5 Å². The number of nitrogens with zero attached hydrogens (tertiary/aromatic N) is 2. The number of guanidine groups is 1. The minimum atomic E-state index is 0.699. The maximum absolute atomic E-state index is 5.37. The molecule has 0 spiro atoms. The molecule has 0 atom stereocenters. The van der Waals surface area contributed by atoms with Crippen LogP contribution in [0.25, 0.3) is 0 Å². The van der Waals surface area contributed by atoms with Gasteiger partial charge in [0.2, 0.25) is 0 Å². The summed E-state index contributed by atoms with van der Waals surface area (Å²) in [6, 6.07) is 6.49. The van der Waals surface area contributed by atoms with Gasteiger partial charge in [-0.3, -0.25) is 4.99 Å². The number of nitrogens with one attached hydrogen (secondary N) is 2. The van der Waals surface area contributed by atoms with E-state index in [4.69, 9.17) is 14.5 Å². The standard InChI is InChI=1S/C20H34N4O2/c1-5-21-20(22-13-14-24(2)17-9-7-6-8-10-17)23-16-11-12-18(25-3)19(15-16)26-4/h11-12,15,17H,5-10,13-14H2,1-4H3,(H2,21,22,23). The molecule has 6 nitrogen and oxygen atoms in total. The highest BCUT2D eigenvalue weighted by Crippen LogP contribution is 2.29. The van der Waals surface area contributed by atoms with E-state index < -0.39 is 0 Å². The van der Waals surface area contributed by atoms with E-state index in [9.17, 15) is 0 Å². The fourth-order valence-electron chi connectivity index (χ4n) is 3.38. The van der Waals surface area contributed by atoms with Gasteiger partial charge in [0.25, 0.3) is 0 Å². The monoisotopic (exact) mass is 362 g/mol. The maximum atomic E-state index is 5.37. The smallest absolute Gasteiger partial charge is 0.195 e. The molecule has 1 fully saturated rings. The number of likely N-dealkylation sites (N-methyl/N-ethyl adjacent to an activating group) is 1. The van der Waals surface area contributed by atoms with E-state index in [2.05, 4.69) is 29.5 Å². The molecule has 0 aliphatic heterocycles. The molecule has 146 valence electrons. The van der Waals surface area contributed by atoms with Crippen molar-refractivity contribution in [2.24, 2.45) is 4.99 Å². The molecule has 6 heteroatoms. The molecule has 0 unspecified atom stereocenters. The van der Waals surface area contributed by atoms with Gasteiger partial charge in [-0.05, 0) is 38.9 Å². The Morgan fingerprint density at radius 3 is 2.54 bits per heavy atom. The van der Waals surface area contributed by atoms with Gasteiger partial charge in [-0.1, -0.05) is 19.3 Å². The first-order valence-corrected chi connectivity index (χ1v) is 9.65. The molecule has 2 rings (SSSR count). The zero-order chi connectivity index (χ0) is 18.8.